The van der Waals surface area contributed by atoms with Crippen LogP contribution in [0, 0.1) is 0 Å². The Labute approximate surface area is 146 Å². The van der Waals surface area contributed by atoms with Crippen molar-refractivity contribution in [3.63, 3.8) is 0 Å². The van der Waals surface area contributed by atoms with Gasteiger partial charge in [-0.1, -0.05) is 30.3 Å². The summed E-state index contributed by atoms with van der Waals surface area (Å²) in [4.78, 5) is 6.70. The van der Waals surface area contributed by atoms with Crippen molar-refractivity contribution in [2.24, 2.45) is 10.7 Å². The average molecular weight is 353 g/mol. The van der Waals surface area contributed by atoms with Crippen molar-refractivity contribution in [1.29, 1.82) is 0 Å². The molecule has 24 heavy (non-hydrogen) atoms. The molecule has 0 radical (unpaired) electrons. The summed E-state index contributed by atoms with van der Waals surface area (Å²) in [5, 5.41) is 3.04. The van der Waals surface area contributed by atoms with Crippen molar-refractivity contribution in [3.8, 4) is 0 Å². The molecule has 1 aliphatic heterocycles. The first-order chi connectivity index (χ1) is 11.7. The van der Waals surface area contributed by atoms with E-state index in [1.54, 1.807) is 0 Å². The standard InChI is InChI=1S/C17H28N4O2S/c18-17(19-7-4-9-21-10-12-23-13-11-21)20-8-14-24(22)15-16-5-2-1-3-6-16/h1-3,5-6H,4,7-15H2,(H3,18,19,20). The molecule has 7 heteroatoms. The minimum absolute atomic E-state index is 0.439. The Balaban J connectivity index is 1.53. The lowest BCUT2D eigenvalue weighted by Gasteiger charge is -2.26. The van der Waals surface area contributed by atoms with Gasteiger partial charge in [0, 0.05) is 55.0 Å². The molecule has 1 aliphatic rings. The van der Waals surface area contributed by atoms with Crippen molar-refractivity contribution in [2.75, 3.05) is 51.7 Å². The number of nitrogens with two attached hydrogens (primary N) is 1. The van der Waals surface area contributed by atoms with E-state index >= 15 is 0 Å². The minimum atomic E-state index is -0.890. The van der Waals surface area contributed by atoms with Crippen LogP contribution in [0.4, 0.5) is 0 Å². The second kappa shape index (κ2) is 11.2. The van der Waals surface area contributed by atoms with Crippen molar-refractivity contribution in [1.82, 2.24) is 10.2 Å². The van der Waals surface area contributed by atoms with Crippen molar-refractivity contribution >= 4 is 16.8 Å². The topological polar surface area (TPSA) is 79.9 Å². The van der Waals surface area contributed by atoms with Gasteiger partial charge in [-0.3, -0.25) is 14.1 Å². The van der Waals surface area contributed by atoms with E-state index in [2.05, 4.69) is 15.2 Å². The molecule has 3 N–H and O–H groups in total. The fourth-order valence-corrected chi connectivity index (χ4v) is 3.54. The predicted octanol–water partition coefficient (Wildman–Crippen LogP) is 0.562. The molecule has 1 aromatic carbocycles. The monoisotopic (exact) mass is 352 g/mol. The largest absolute Gasteiger partial charge is 0.379 e. The fraction of sp³-hybridized carbons (Fsp3) is 0.588. The third-order valence-corrected chi connectivity index (χ3v) is 5.14. The van der Waals surface area contributed by atoms with Gasteiger partial charge in [-0.25, -0.2) is 0 Å². The van der Waals surface area contributed by atoms with Gasteiger partial charge in [0.15, 0.2) is 5.96 Å². The van der Waals surface area contributed by atoms with Crippen molar-refractivity contribution < 1.29 is 8.95 Å². The number of aliphatic imine (C=N–C) groups is 1. The first-order valence-electron chi connectivity index (χ1n) is 8.47. The first kappa shape index (κ1) is 18.9. The number of guanidine groups is 1. The maximum atomic E-state index is 12.0. The van der Waals surface area contributed by atoms with Gasteiger partial charge >= 0.3 is 0 Å². The summed E-state index contributed by atoms with van der Waals surface area (Å²) >= 11 is 0. The normalized spacial score (nSPS) is 17.6. The number of hydrogen-bond donors (Lipinski definition) is 2. The van der Waals surface area contributed by atoms with Crippen LogP contribution in [0.25, 0.3) is 0 Å². The van der Waals surface area contributed by atoms with Crippen LogP contribution < -0.4 is 11.1 Å². The third kappa shape index (κ3) is 7.90. The molecule has 0 aliphatic carbocycles. The van der Waals surface area contributed by atoms with Gasteiger partial charge in [0.25, 0.3) is 0 Å². The summed E-state index contributed by atoms with van der Waals surface area (Å²) in [6.45, 7) is 5.98. The van der Waals surface area contributed by atoms with Gasteiger partial charge in [0.1, 0.15) is 0 Å². The summed E-state index contributed by atoms with van der Waals surface area (Å²) < 4.78 is 17.3. The molecule has 1 heterocycles. The maximum Gasteiger partial charge on any atom is 0.188 e. The van der Waals surface area contributed by atoms with Gasteiger partial charge < -0.3 is 15.8 Å². The molecular formula is C17H28N4O2S. The van der Waals surface area contributed by atoms with E-state index in [1.807, 2.05) is 30.3 Å². The van der Waals surface area contributed by atoms with E-state index in [0.717, 1.165) is 44.8 Å². The molecule has 0 aromatic heterocycles. The molecule has 0 spiro atoms. The summed E-state index contributed by atoms with van der Waals surface area (Å²) in [7, 11) is -0.890. The molecule has 1 saturated heterocycles. The molecule has 1 atom stereocenters. The quantitative estimate of drug-likeness (QED) is 0.386. The number of nitrogens with one attached hydrogen (secondary N) is 1. The second-order valence-corrected chi connectivity index (χ2v) is 7.35. The van der Waals surface area contributed by atoms with Crippen LogP contribution >= 0.6 is 0 Å². The Morgan fingerprint density at radius 1 is 1.29 bits per heavy atom. The van der Waals surface area contributed by atoms with Gasteiger partial charge in [-0.15, -0.1) is 0 Å². The molecule has 1 aromatic rings. The van der Waals surface area contributed by atoms with Crippen LogP contribution in [-0.2, 0) is 21.3 Å². The zero-order valence-electron chi connectivity index (χ0n) is 14.2. The van der Waals surface area contributed by atoms with Crippen LogP contribution in [0.3, 0.4) is 0 Å². The molecule has 1 unspecified atom stereocenters. The molecule has 0 amide bonds. The molecular weight excluding hydrogens is 324 g/mol. The lowest BCUT2D eigenvalue weighted by Crippen LogP contribution is -2.37. The number of hydrogen-bond acceptors (Lipinski definition) is 4. The molecule has 2 rings (SSSR count). The Bertz CT molecular complexity index is 519. The van der Waals surface area contributed by atoms with Crippen LogP contribution in [0.5, 0.6) is 0 Å². The van der Waals surface area contributed by atoms with E-state index < -0.39 is 10.8 Å². The molecule has 6 nitrogen and oxygen atoms in total. The van der Waals surface area contributed by atoms with Crippen molar-refractivity contribution in [3.05, 3.63) is 35.9 Å². The highest BCUT2D eigenvalue weighted by atomic mass is 32.2. The average Bonchev–Trinajstić information content (AvgIpc) is 2.60. The van der Waals surface area contributed by atoms with Gasteiger partial charge in [0.2, 0.25) is 0 Å². The Morgan fingerprint density at radius 2 is 2.04 bits per heavy atom. The number of ether oxygens (including phenoxy) is 1. The number of rotatable bonds is 9. The van der Waals surface area contributed by atoms with Crippen LogP contribution in [-0.4, -0.2) is 66.8 Å². The Kier molecular flexibility index (Phi) is 8.80. The van der Waals surface area contributed by atoms with E-state index in [4.69, 9.17) is 10.5 Å². The second-order valence-electron chi connectivity index (χ2n) is 5.78. The SMILES string of the molecule is NC(=NCCCN1CCOCC1)NCCS(=O)Cc1ccccc1. The summed E-state index contributed by atoms with van der Waals surface area (Å²) in [5.41, 5.74) is 6.94. The smallest absolute Gasteiger partial charge is 0.188 e. The van der Waals surface area contributed by atoms with Gasteiger partial charge in [-0.05, 0) is 12.0 Å². The Morgan fingerprint density at radius 3 is 2.79 bits per heavy atom. The third-order valence-electron chi connectivity index (χ3n) is 3.82. The minimum Gasteiger partial charge on any atom is -0.379 e. The highest BCUT2D eigenvalue weighted by molar-refractivity contribution is 7.84. The summed E-state index contributed by atoms with van der Waals surface area (Å²) in [6, 6.07) is 9.88. The molecule has 0 saturated carbocycles. The Hall–Kier alpha value is -1.44. The van der Waals surface area contributed by atoms with Crippen molar-refractivity contribution in [2.45, 2.75) is 12.2 Å². The summed E-state index contributed by atoms with van der Waals surface area (Å²) in [6.07, 6.45) is 0.988. The van der Waals surface area contributed by atoms with Gasteiger partial charge in [-0.2, -0.15) is 0 Å². The van der Waals surface area contributed by atoms with Crippen LogP contribution in [0.1, 0.15) is 12.0 Å². The molecule has 0 bridgehead atoms. The number of nitrogens with zero attached hydrogens (tertiary/aromatic N) is 2. The van der Waals surface area contributed by atoms with E-state index in [0.29, 0.717) is 30.6 Å². The lowest BCUT2D eigenvalue weighted by molar-refractivity contribution is 0.0377. The predicted molar refractivity (Wildman–Crippen MR) is 99.5 cm³/mol. The number of morpholine rings is 1. The lowest BCUT2D eigenvalue weighted by atomic mass is 10.2. The van der Waals surface area contributed by atoms with E-state index in [-0.39, 0.29) is 0 Å². The van der Waals surface area contributed by atoms with Crippen LogP contribution in [0.15, 0.2) is 35.3 Å². The summed E-state index contributed by atoms with van der Waals surface area (Å²) in [5.74, 6) is 1.59. The highest BCUT2D eigenvalue weighted by Crippen LogP contribution is 2.02. The van der Waals surface area contributed by atoms with E-state index in [1.165, 1.54) is 0 Å². The highest BCUT2D eigenvalue weighted by Gasteiger charge is 2.08. The van der Waals surface area contributed by atoms with E-state index in [9.17, 15) is 4.21 Å². The maximum absolute atomic E-state index is 12.0. The molecule has 1 fully saturated rings. The first-order valence-corrected chi connectivity index (χ1v) is 9.95. The number of benzene rings is 1. The molecule has 134 valence electrons. The fourth-order valence-electron chi connectivity index (χ4n) is 2.50. The zero-order chi connectivity index (χ0) is 17.0. The van der Waals surface area contributed by atoms with Crippen LogP contribution in [0.2, 0.25) is 0 Å². The van der Waals surface area contributed by atoms with Gasteiger partial charge in [0.05, 0.1) is 13.2 Å². The zero-order valence-corrected chi connectivity index (χ0v) is 15.0.